The van der Waals surface area contributed by atoms with Crippen molar-refractivity contribution in [1.82, 2.24) is 14.8 Å². The molecule has 1 heterocycles. The van der Waals surface area contributed by atoms with E-state index >= 15 is 0 Å². The number of carbonyl (C=O) groups excluding carboxylic acids is 1. The van der Waals surface area contributed by atoms with E-state index in [1.807, 2.05) is 6.07 Å². The van der Waals surface area contributed by atoms with Gasteiger partial charge in [0, 0.05) is 30.6 Å². The van der Waals surface area contributed by atoms with Gasteiger partial charge in [-0.15, -0.1) is 0 Å². The highest BCUT2D eigenvalue weighted by molar-refractivity contribution is 5.93. The number of rotatable bonds is 16. The molecule has 6 nitrogen and oxygen atoms in total. The van der Waals surface area contributed by atoms with E-state index in [-0.39, 0.29) is 11.3 Å². The monoisotopic (exact) mass is 513 g/mol. The van der Waals surface area contributed by atoms with Crippen LogP contribution < -0.4 is 10.1 Å². The predicted octanol–water partition coefficient (Wildman–Crippen LogP) is 5.92. The summed E-state index contributed by atoms with van der Waals surface area (Å²) >= 11 is 0. The van der Waals surface area contributed by atoms with Gasteiger partial charge in [-0.1, -0.05) is 39.8 Å². The summed E-state index contributed by atoms with van der Waals surface area (Å²) in [6.07, 6.45) is 3.38. The third-order valence-corrected chi connectivity index (χ3v) is 7.76. The molecule has 0 atom stereocenters. The van der Waals surface area contributed by atoms with Crippen LogP contribution in [-0.4, -0.2) is 58.9 Å². The molecule has 1 amide bonds. The molecule has 0 unspecified atom stereocenters. The number of aliphatic hydroxyl groups is 1. The van der Waals surface area contributed by atoms with Crippen LogP contribution in [0.1, 0.15) is 101 Å². The summed E-state index contributed by atoms with van der Waals surface area (Å²) in [5.41, 5.74) is 3.30. The molecule has 0 spiro atoms. The van der Waals surface area contributed by atoms with Gasteiger partial charge in [-0.3, -0.25) is 4.79 Å². The molecule has 6 heteroatoms. The molecule has 0 aliphatic heterocycles. The Hall–Kier alpha value is -2.31. The van der Waals surface area contributed by atoms with Crippen molar-refractivity contribution in [2.24, 2.45) is 0 Å². The van der Waals surface area contributed by atoms with Crippen LogP contribution in [0.4, 0.5) is 0 Å². The minimum atomic E-state index is -0.742. The maximum absolute atomic E-state index is 13.2. The molecule has 2 rings (SSSR count). The first-order valence-corrected chi connectivity index (χ1v) is 14.2. The van der Waals surface area contributed by atoms with Crippen LogP contribution in [-0.2, 0) is 12.0 Å². The summed E-state index contributed by atoms with van der Waals surface area (Å²) in [7, 11) is 0. The molecule has 0 saturated carbocycles. The van der Waals surface area contributed by atoms with Gasteiger partial charge < -0.3 is 24.6 Å². The number of hydrogen-bond donors (Lipinski definition) is 2. The zero-order valence-electron chi connectivity index (χ0n) is 24.6. The molecule has 2 aromatic rings. The molecule has 37 heavy (non-hydrogen) atoms. The molecule has 0 aliphatic carbocycles. The summed E-state index contributed by atoms with van der Waals surface area (Å²) in [6, 6.07) is 10.6. The van der Waals surface area contributed by atoms with E-state index in [0.29, 0.717) is 19.6 Å². The minimum Gasteiger partial charge on any atom is -0.493 e. The fourth-order valence-corrected chi connectivity index (χ4v) is 5.25. The Labute approximate surface area is 225 Å². The van der Waals surface area contributed by atoms with Crippen LogP contribution in [0.25, 0.3) is 0 Å². The van der Waals surface area contributed by atoms with Gasteiger partial charge in [0.2, 0.25) is 0 Å². The lowest BCUT2D eigenvalue weighted by Gasteiger charge is -2.34. The van der Waals surface area contributed by atoms with Crippen molar-refractivity contribution in [3.05, 3.63) is 52.8 Å². The molecular weight excluding hydrogens is 462 g/mol. The standard InChI is InChI=1S/C31H51N3O3/c1-9-31(10-2,25-15-17-27(24(6)23-25)37-22-19-30(7,8)36)28-18-16-26(34(28)13-5)29(35)32-20-14-21-33(11-3)12-4/h15-18,23,36H,9-14,19-22H2,1-8H3,(H,32,35). The number of aromatic nitrogens is 1. The van der Waals surface area contributed by atoms with E-state index < -0.39 is 5.60 Å². The Bertz CT molecular complexity index is 982. The van der Waals surface area contributed by atoms with Crippen molar-refractivity contribution in [3.8, 4) is 5.75 Å². The molecule has 0 saturated heterocycles. The molecule has 1 aromatic heterocycles. The van der Waals surface area contributed by atoms with E-state index in [1.54, 1.807) is 13.8 Å². The summed E-state index contributed by atoms with van der Waals surface area (Å²) in [4.78, 5) is 15.5. The van der Waals surface area contributed by atoms with Gasteiger partial charge in [0.25, 0.3) is 5.91 Å². The molecule has 0 radical (unpaired) electrons. The maximum Gasteiger partial charge on any atom is 0.267 e. The average Bonchev–Trinajstić information content (AvgIpc) is 3.30. The first-order chi connectivity index (χ1) is 17.6. The third kappa shape index (κ3) is 7.84. The number of nitrogens with zero attached hydrogens (tertiary/aromatic N) is 2. The minimum absolute atomic E-state index is 0.000453. The van der Waals surface area contributed by atoms with Gasteiger partial charge in [0.05, 0.1) is 12.2 Å². The van der Waals surface area contributed by atoms with E-state index in [1.165, 1.54) is 11.3 Å². The molecule has 0 bridgehead atoms. The van der Waals surface area contributed by atoms with Crippen LogP contribution in [0, 0.1) is 6.92 Å². The SMILES string of the molecule is CCN(CC)CCCNC(=O)c1ccc(C(CC)(CC)c2ccc(OCCC(C)(C)O)c(C)c2)n1CC. The normalized spacial score (nSPS) is 12.3. The van der Waals surface area contributed by atoms with Gasteiger partial charge in [-0.05, 0) is 95.9 Å². The number of nitrogens with one attached hydrogen (secondary N) is 1. The van der Waals surface area contributed by atoms with Gasteiger partial charge in [0.15, 0.2) is 0 Å². The summed E-state index contributed by atoms with van der Waals surface area (Å²) < 4.78 is 8.18. The lowest BCUT2D eigenvalue weighted by molar-refractivity contribution is 0.0552. The van der Waals surface area contributed by atoms with Gasteiger partial charge in [0.1, 0.15) is 11.4 Å². The van der Waals surface area contributed by atoms with Crippen molar-refractivity contribution in [2.75, 3.05) is 32.8 Å². The van der Waals surface area contributed by atoms with E-state index in [2.05, 4.69) is 80.6 Å². The van der Waals surface area contributed by atoms with Gasteiger partial charge in [-0.2, -0.15) is 0 Å². The van der Waals surface area contributed by atoms with Crippen molar-refractivity contribution in [1.29, 1.82) is 0 Å². The molecule has 0 aliphatic rings. The first-order valence-electron chi connectivity index (χ1n) is 14.2. The number of hydrogen-bond acceptors (Lipinski definition) is 4. The second-order valence-electron chi connectivity index (χ2n) is 10.7. The van der Waals surface area contributed by atoms with Crippen molar-refractivity contribution in [3.63, 3.8) is 0 Å². The predicted molar refractivity (Wildman–Crippen MR) is 154 cm³/mol. The van der Waals surface area contributed by atoms with E-state index in [9.17, 15) is 9.90 Å². The summed E-state index contributed by atoms with van der Waals surface area (Å²) in [6.45, 7) is 21.6. The van der Waals surface area contributed by atoms with Crippen molar-refractivity contribution < 1.29 is 14.6 Å². The fraction of sp³-hybridized carbons (Fsp3) is 0.645. The second-order valence-corrected chi connectivity index (χ2v) is 10.7. The molecule has 1 aromatic carbocycles. The molecular formula is C31H51N3O3. The Balaban J connectivity index is 2.27. The van der Waals surface area contributed by atoms with Crippen LogP contribution in [0.2, 0.25) is 0 Å². The van der Waals surface area contributed by atoms with Crippen LogP contribution >= 0.6 is 0 Å². The molecule has 208 valence electrons. The summed E-state index contributed by atoms with van der Waals surface area (Å²) in [5, 5.41) is 13.1. The number of amides is 1. The number of ether oxygens (including phenoxy) is 1. The third-order valence-electron chi connectivity index (χ3n) is 7.76. The quantitative estimate of drug-likeness (QED) is 0.273. The van der Waals surface area contributed by atoms with Gasteiger partial charge in [-0.25, -0.2) is 0 Å². The fourth-order valence-electron chi connectivity index (χ4n) is 5.25. The van der Waals surface area contributed by atoms with Gasteiger partial charge >= 0.3 is 0 Å². The highest BCUT2D eigenvalue weighted by atomic mass is 16.5. The Morgan fingerprint density at radius 3 is 2.27 bits per heavy atom. The highest BCUT2D eigenvalue weighted by Gasteiger charge is 2.35. The lowest BCUT2D eigenvalue weighted by Crippen LogP contribution is -2.33. The van der Waals surface area contributed by atoms with E-state index in [4.69, 9.17) is 4.74 Å². The lowest BCUT2D eigenvalue weighted by atomic mass is 9.72. The summed E-state index contributed by atoms with van der Waals surface area (Å²) in [5.74, 6) is 0.852. The van der Waals surface area contributed by atoms with Crippen LogP contribution in [0.15, 0.2) is 30.3 Å². The maximum atomic E-state index is 13.2. The van der Waals surface area contributed by atoms with E-state index in [0.717, 1.165) is 62.4 Å². The molecule has 2 N–H and O–H groups in total. The smallest absolute Gasteiger partial charge is 0.267 e. The van der Waals surface area contributed by atoms with Crippen molar-refractivity contribution in [2.45, 2.75) is 98.6 Å². The Morgan fingerprint density at radius 2 is 1.73 bits per heavy atom. The highest BCUT2D eigenvalue weighted by Crippen LogP contribution is 2.41. The Kier molecular flexibility index (Phi) is 11.7. The second kappa shape index (κ2) is 14.0. The van der Waals surface area contributed by atoms with Crippen molar-refractivity contribution >= 4 is 5.91 Å². The topological polar surface area (TPSA) is 66.7 Å². The zero-order valence-corrected chi connectivity index (χ0v) is 24.6. The number of benzene rings is 1. The number of aryl methyl sites for hydroxylation is 1. The average molecular weight is 514 g/mol. The molecule has 0 fully saturated rings. The Morgan fingerprint density at radius 1 is 1.05 bits per heavy atom. The largest absolute Gasteiger partial charge is 0.493 e. The van der Waals surface area contributed by atoms with Crippen LogP contribution in [0.3, 0.4) is 0 Å². The zero-order chi connectivity index (χ0) is 27.6. The van der Waals surface area contributed by atoms with Crippen LogP contribution in [0.5, 0.6) is 5.75 Å². The number of carbonyl (C=O) groups is 1. The first kappa shape index (κ1) is 30.9.